The van der Waals surface area contributed by atoms with Gasteiger partial charge in [0.25, 0.3) is 0 Å². The Labute approximate surface area is 510 Å². The maximum absolute atomic E-state index is 11.4. The number of aromatic nitrogens is 2. The molecule has 2 aromatic heterocycles. The summed E-state index contributed by atoms with van der Waals surface area (Å²) in [6, 6.07) is 33.4. The molecule has 2 saturated heterocycles. The van der Waals surface area contributed by atoms with Gasteiger partial charge in [-0.3, -0.25) is 4.79 Å². The standard InChI is InChI=1S/C27H35NO2.C19H25NO2.C9H12.6HI.3V.3H/c1-6-20-12-14-21(15-13-20)26(29)23-16-28(24-11-9-8-10-22(23)24)27-19(5)17(3)18(4)25(7-2)30-27;1-5-18-13(3)12(2)14(4)19(22-18)20-10-15(11-21)16-8-6-7-9-17(16)20;1-3-9-6-4-8(2)5-7-9;;;;;;;;;;;;/h8-19,25-27,29H,6-7H2,1-5H3;6-14,18-19H,5H2,1-4H3;4-7H,3H2,1-2H3;6*1H;;;;;;/q;;;;;;;;;+1;+2;+3;;;/p-6/t17-,18-,19+,25+,26?,27+;12-,13-,14+,18+,19+;;;;;;;;;;;;;/m00............./s1/i;;;;;;;;;;;;3*1+2. The average molecular weight is 1750 g/mol. The summed E-state index contributed by atoms with van der Waals surface area (Å²) in [5.74, 6) is 3.07. The average Bonchev–Trinajstić information content (AvgIpc) is 3.94. The maximum atomic E-state index is 11.4. The van der Waals surface area contributed by atoms with Crippen molar-refractivity contribution in [3.63, 3.8) is 0 Å². The summed E-state index contributed by atoms with van der Waals surface area (Å²) in [5, 5.41) is 13.4. The normalized spacial score (nSPS) is 25.0. The first-order valence-electron chi connectivity index (χ1n) is 25.5. The third-order valence-electron chi connectivity index (χ3n) is 14.6. The molecule has 6 aromatic rings. The van der Waals surface area contributed by atoms with Crippen molar-refractivity contribution in [2.45, 2.75) is 133 Å². The number of rotatable bonds is 9. The first-order valence-corrected chi connectivity index (χ1v) is 51.2. The number of aliphatic hydroxyl groups excluding tert-OH is 1. The van der Waals surface area contributed by atoms with E-state index in [1.807, 2.05) is 62.6 Å². The quantitative estimate of drug-likeness (QED) is 0.116. The number of carbonyl (C=O) groups excluding carboxylic acids is 1. The molecule has 0 aliphatic carbocycles. The van der Waals surface area contributed by atoms with E-state index in [4.69, 9.17) is 12.1 Å². The fraction of sp³-hybridized carbons (Fsp3) is 0.473. The van der Waals surface area contributed by atoms with Gasteiger partial charge in [0.15, 0.2) is 6.29 Å². The van der Waals surface area contributed by atoms with Gasteiger partial charge in [-0.2, -0.15) is 0 Å². The zero-order valence-corrected chi connectivity index (χ0v) is 59.5. The predicted molar refractivity (Wildman–Crippen MR) is 341 cm³/mol. The van der Waals surface area contributed by atoms with Gasteiger partial charge in [0.2, 0.25) is 0 Å². The Bertz CT molecular complexity index is 2520. The third kappa shape index (κ3) is 18.4. The summed E-state index contributed by atoms with van der Waals surface area (Å²) in [7, 11) is -0.998. The van der Waals surface area contributed by atoms with Gasteiger partial charge >= 0.3 is 150 Å². The monoisotopic (exact) mass is 1750 g/mol. The van der Waals surface area contributed by atoms with Crippen LogP contribution < -0.4 is 0 Å². The number of nitrogens with zero attached hydrogens (tertiary/aromatic N) is 2. The molecule has 8 rings (SSSR count). The Morgan fingerprint density at radius 3 is 1.50 bits per heavy atom. The van der Waals surface area contributed by atoms with Crippen LogP contribution >= 0.6 is 120 Å². The molecule has 4 heterocycles. The molecule has 2 aliphatic heterocycles. The van der Waals surface area contributed by atoms with Crippen LogP contribution in [0.3, 0.4) is 0 Å². The molecule has 15 heteroatoms. The van der Waals surface area contributed by atoms with Gasteiger partial charge in [-0.15, -0.1) is 0 Å². The van der Waals surface area contributed by atoms with Crippen molar-refractivity contribution in [1.29, 1.82) is 2.64 Å². The SMILES string of the molecule is CC[C@H]1O[C@@H](n2cc(C=O)c3ccccc32)[C@H](C)[C@@H](C)[C@@H]1C.CCc1ccc(C(O)c2cn([C@@H]3O[C@H](CC)[C@@H](C)[C@H](C)[C@H]3C)c3ccccc23)cc1.CCc1ccc(C)cc1.[3H][V]([I])([I])[I].[3H][V]([I])[I].[3H][V][I]. The second-order valence-electron chi connectivity index (χ2n) is 18.3. The minimum atomic E-state index is -1.72. The molecule has 4 aromatic carbocycles. The number of ether oxygens (including phenoxy) is 2. The Kier molecular flexibility index (Phi) is 30.0. The number of fused-ring (bicyclic) bond motifs is 2. The molecule has 0 spiro atoms. The number of hydrogen-bond donors (Lipinski definition) is 1. The van der Waals surface area contributed by atoms with Crippen LogP contribution in [0.25, 0.3) is 21.8 Å². The van der Waals surface area contributed by atoms with Gasteiger partial charge < -0.3 is 23.7 Å². The van der Waals surface area contributed by atoms with Gasteiger partial charge in [0.1, 0.15) is 18.6 Å². The van der Waals surface area contributed by atoms with Gasteiger partial charge in [-0.05, 0) is 85.1 Å². The molecule has 0 saturated carbocycles. The zero-order valence-electron chi connectivity index (χ0n) is 45.3. The molecule has 1 unspecified atom stereocenters. The Morgan fingerprint density at radius 1 is 0.700 bits per heavy atom. The molecule has 70 heavy (non-hydrogen) atoms. The van der Waals surface area contributed by atoms with E-state index < -0.39 is 20.2 Å². The second kappa shape index (κ2) is 34.5. The molecule has 2 fully saturated rings. The number of aldehydes is 1. The Morgan fingerprint density at radius 2 is 1.09 bits per heavy atom. The van der Waals surface area contributed by atoms with Crippen LogP contribution in [0.5, 0.6) is 0 Å². The van der Waals surface area contributed by atoms with E-state index in [1.54, 1.807) is 0 Å². The number of para-hydroxylation sites is 2. The van der Waals surface area contributed by atoms with Crippen LogP contribution in [0.4, 0.5) is 0 Å². The fourth-order valence-corrected chi connectivity index (χ4v) is 9.72. The summed E-state index contributed by atoms with van der Waals surface area (Å²) in [4.78, 5) is 11.4. The van der Waals surface area contributed by atoms with Crippen LogP contribution in [0.1, 0.15) is 139 Å². The van der Waals surface area contributed by atoms with Crippen molar-refractivity contribution in [2.75, 3.05) is 0 Å². The second-order valence-corrected chi connectivity index (χ2v) is 65.5. The van der Waals surface area contributed by atoms with Gasteiger partial charge in [-0.25, -0.2) is 0 Å². The minimum absolute atomic E-state index is 0.00486. The van der Waals surface area contributed by atoms with Gasteiger partial charge in [0, 0.05) is 46.1 Å². The van der Waals surface area contributed by atoms with E-state index in [1.165, 1.54) is 16.7 Å². The number of benzene rings is 4. The van der Waals surface area contributed by atoms with Crippen molar-refractivity contribution in [3.05, 3.63) is 143 Å². The van der Waals surface area contributed by atoms with Crippen LogP contribution in [0.15, 0.2) is 109 Å². The number of halogens is 6. The Hall–Kier alpha value is 1.64. The van der Waals surface area contributed by atoms with E-state index in [-0.39, 0.29) is 38.5 Å². The number of aryl methyl sites for hydroxylation is 3. The number of carbonyl (C=O) groups is 1. The summed E-state index contributed by atoms with van der Waals surface area (Å²) in [6.07, 6.45) is 9.06. The fourth-order valence-electron chi connectivity index (χ4n) is 9.72. The van der Waals surface area contributed by atoms with Crippen LogP contribution in [-0.4, -0.2) is 35.4 Å². The van der Waals surface area contributed by atoms with Crippen LogP contribution in [0, 0.1) is 42.4 Å². The topological polar surface area (TPSA) is 65.6 Å². The molecular weight excluding hydrogens is 1670 g/mol. The van der Waals surface area contributed by atoms with E-state index in [9.17, 15) is 9.90 Å². The van der Waals surface area contributed by atoms with E-state index in [0.29, 0.717) is 35.5 Å². The summed E-state index contributed by atoms with van der Waals surface area (Å²) < 4.78 is 35.8. The molecule has 6 nitrogen and oxygen atoms in total. The van der Waals surface area contributed by atoms with E-state index >= 15 is 0 Å². The predicted octanol–water partition coefficient (Wildman–Crippen LogP) is 18.2. The molecule has 11 atom stereocenters. The van der Waals surface area contributed by atoms with Crippen molar-refractivity contribution >= 4 is 148 Å². The number of hydrogen-bond acceptors (Lipinski definition) is 4. The molecular formula is C55H75I6N2O4V3. The third-order valence-corrected chi connectivity index (χ3v) is 14.6. The molecule has 0 amide bonds. The summed E-state index contributed by atoms with van der Waals surface area (Å²) in [6.45, 7) is 24.7. The van der Waals surface area contributed by atoms with Crippen molar-refractivity contribution in [3.8, 4) is 0 Å². The molecule has 0 bridgehead atoms. The van der Waals surface area contributed by atoms with Crippen LogP contribution in [-0.2, 0) is 50.3 Å². The molecule has 1 N–H and O–H groups in total. The summed E-state index contributed by atoms with van der Waals surface area (Å²) >= 11 is 12.8. The van der Waals surface area contributed by atoms with Gasteiger partial charge in [0.05, 0.1) is 23.2 Å². The van der Waals surface area contributed by atoms with Crippen molar-refractivity contribution in [1.82, 2.24) is 9.13 Å². The molecule has 2 aliphatic rings. The summed E-state index contributed by atoms with van der Waals surface area (Å²) in [5.41, 5.74) is 8.87. The number of aliphatic hydroxyl groups is 1. The van der Waals surface area contributed by atoms with Gasteiger partial charge in [-0.1, -0.05) is 160 Å². The molecule has 0 radical (unpaired) electrons. The van der Waals surface area contributed by atoms with Crippen LogP contribution in [0.2, 0.25) is 0 Å². The first-order chi connectivity index (χ1) is 34.5. The Balaban J connectivity index is 0.000000283. The molecule has 386 valence electrons. The first kappa shape index (κ1) is 60.9. The van der Waals surface area contributed by atoms with Crippen molar-refractivity contribution in [2.24, 2.45) is 35.5 Å². The van der Waals surface area contributed by atoms with E-state index in [0.717, 1.165) is 70.5 Å². The van der Waals surface area contributed by atoms with Crippen molar-refractivity contribution < 1.29 is 47.3 Å². The zero-order chi connectivity index (χ0) is 54.7. The van der Waals surface area contributed by atoms with E-state index in [2.05, 4.69) is 252 Å².